The van der Waals surface area contributed by atoms with E-state index in [9.17, 15) is 4.55 Å². The van der Waals surface area contributed by atoms with Gasteiger partial charge in [-0.05, 0) is 58.8 Å². The second-order valence-corrected chi connectivity index (χ2v) is 9.44. The molecule has 1 saturated heterocycles. The van der Waals surface area contributed by atoms with Crippen molar-refractivity contribution in [2.24, 2.45) is 10.3 Å². The first-order valence-corrected chi connectivity index (χ1v) is 9.74. The summed E-state index contributed by atoms with van der Waals surface area (Å²) in [6, 6.07) is 0. The van der Waals surface area contributed by atoms with Gasteiger partial charge in [-0.3, -0.25) is 0 Å². The van der Waals surface area contributed by atoms with Crippen LogP contribution in [0.25, 0.3) is 0 Å². The summed E-state index contributed by atoms with van der Waals surface area (Å²) in [4.78, 5) is 0. The van der Waals surface area contributed by atoms with Gasteiger partial charge in [-0.25, -0.2) is 0 Å². The molecule has 0 N–H and O–H groups in total. The van der Waals surface area contributed by atoms with Gasteiger partial charge < -0.3 is 14.0 Å². The van der Waals surface area contributed by atoms with Crippen LogP contribution in [0, 0.1) is 5.92 Å². The third-order valence-corrected chi connectivity index (χ3v) is 5.58. The molecule has 1 heterocycles. The fourth-order valence-electron chi connectivity index (χ4n) is 2.71. The predicted octanol–water partition coefficient (Wildman–Crippen LogP) is 4.01. The summed E-state index contributed by atoms with van der Waals surface area (Å²) in [6.45, 7) is 7.33. The van der Waals surface area contributed by atoms with Crippen molar-refractivity contribution in [1.29, 1.82) is 0 Å². The predicted molar refractivity (Wildman–Crippen MR) is 91.4 cm³/mol. The van der Waals surface area contributed by atoms with E-state index in [1.807, 2.05) is 27.0 Å². The van der Waals surface area contributed by atoms with Crippen LogP contribution in [-0.4, -0.2) is 34.5 Å². The summed E-state index contributed by atoms with van der Waals surface area (Å²) < 4.78 is 27.4. The van der Waals surface area contributed by atoms with Gasteiger partial charge in [0.15, 0.2) is 5.79 Å². The van der Waals surface area contributed by atoms with Crippen LogP contribution in [0.15, 0.2) is 4.40 Å². The third kappa shape index (κ3) is 6.19. The fourth-order valence-corrected chi connectivity index (χ4v) is 3.27. The van der Waals surface area contributed by atoms with Crippen molar-refractivity contribution >= 4 is 17.6 Å². The molecular weight excluding hydrogens is 298 g/mol. The summed E-state index contributed by atoms with van der Waals surface area (Å²) in [5.74, 6) is 0.556. The Balaban J connectivity index is 1.57. The number of hydrogen-bond donors (Lipinski definition) is 0. The van der Waals surface area contributed by atoms with E-state index in [-0.39, 0.29) is 10.5 Å². The first-order valence-electron chi connectivity index (χ1n) is 8.64. The summed E-state index contributed by atoms with van der Waals surface area (Å²) in [7, 11) is 0. The van der Waals surface area contributed by atoms with Crippen LogP contribution < -0.4 is 0 Å². The van der Waals surface area contributed by atoms with Gasteiger partial charge in [-0.15, -0.1) is 0 Å². The SMILES string of the molecule is CC(C)(C)[S+]([O-])N=CCCCCCC1(CC2CC2)OCCO1. The Kier molecular flexibility index (Phi) is 6.74. The van der Waals surface area contributed by atoms with Crippen molar-refractivity contribution in [2.75, 3.05) is 13.2 Å². The molecule has 128 valence electrons. The minimum atomic E-state index is -1.12. The zero-order chi connectivity index (χ0) is 16.1. The van der Waals surface area contributed by atoms with Crippen molar-refractivity contribution in [1.82, 2.24) is 0 Å². The first kappa shape index (κ1) is 18.2. The van der Waals surface area contributed by atoms with E-state index >= 15 is 0 Å². The molecule has 22 heavy (non-hydrogen) atoms. The molecule has 1 unspecified atom stereocenters. The second kappa shape index (κ2) is 8.13. The van der Waals surface area contributed by atoms with Gasteiger partial charge >= 0.3 is 0 Å². The lowest BCUT2D eigenvalue weighted by Crippen LogP contribution is -2.30. The Labute approximate surface area is 138 Å². The Bertz CT molecular complexity index is 357. The number of hydrogen-bond acceptors (Lipinski definition) is 4. The Morgan fingerprint density at radius 1 is 1.18 bits per heavy atom. The molecule has 2 aliphatic rings. The Hall–Kier alpha value is -0.100. The van der Waals surface area contributed by atoms with Gasteiger partial charge in [0.25, 0.3) is 0 Å². The smallest absolute Gasteiger partial charge is 0.168 e. The van der Waals surface area contributed by atoms with Gasteiger partial charge in [-0.2, -0.15) is 0 Å². The van der Waals surface area contributed by atoms with Crippen molar-refractivity contribution in [3.63, 3.8) is 0 Å². The molecule has 1 aliphatic carbocycles. The zero-order valence-corrected chi connectivity index (χ0v) is 15.1. The Morgan fingerprint density at radius 2 is 1.86 bits per heavy atom. The number of rotatable bonds is 9. The highest BCUT2D eigenvalue weighted by Crippen LogP contribution is 2.42. The van der Waals surface area contributed by atoms with Gasteiger partial charge in [0.1, 0.15) is 16.1 Å². The lowest BCUT2D eigenvalue weighted by molar-refractivity contribution is -0.170. The minimum Gasteiger partial charge on any atom is -0.591 e. The molecule has 0 bridgehead atoms. The molecule has 0 spiro atoms. The minimum absolute atomic E-state index is 0.261. The average molecular weight is 330 g/mol. The van der Waals surface area contributed by atoms with Crippen LogP contribution in [0.1, 0.15) is 72.1 Å². The van der Waals surface area contributed by atoms with E-state index in [0.29, 0.717) is 0 Å². The molecule has 2 fully saturated rings. The van der Waals surface area contributed by atoms with Crippen LogP contribution in [0.2, 0.25) is 0 Å². The summed E-state index contributed by atoms with van der Waals surface area (Å²) >= 11 is -1.12. The van der Waals surface area contributed by atoms with E-state index < -0.39 is 11.4 Å². The lowest BCUT2D eigenvalue weighted by atomic mass is 10.0. The number of ether oxygens (including phenoxy) is 2. The van der Waals surface area contributed by atoms with Gasteiger partial charge in [-0.1, -0.05) is 10.8 Å². The molecule has 1 aliphatic heterocycles. The standard InChI is InChI=1S/C17H31NO3S/c1-16(2,3)22(19)18-11-7-5-4-6-10-17(14-15-8-9-15)20-12-13-21-17/h11,15H,4-10,12-14H2,1-3H3. The van der Waals surface area contributed by atoms with E-state index in [0.717, 1.165) is 57.7 Å². The summed E-state index contributed by atoms with van der Waals surface area (Å²) in [5, 5.41) is 0. The normalized spacial score (nSPS) is 23.3. The highest BCUT2D eigenvalue weighted by atomic mass is 32.2. The highest BCUT2D eigenvalue weighted by molar-refractivity contribution is 7.91. The summed E-state index contributed by atoms with van der Waals surface area (Å²) in [6.07, 6.45) is 10.9. The quantitative estimate of drug-likeness (QED) is 0.365. The fraction of sp³-hybridized carbons (Fsp3) is 0.941. The molecule has 2 rings (SSSR count). The van der Waals surface area contributed by atoms with Crippen LogP contribution in [0.4, 0.5) is 0 Å². The molecule has 0 amide bonds. The van der Waals surface area contributed by atoms with E-state index in [2.05, 4.69) is 4.40 Å². The van der Waals surface area contributed by atoms with Gasteiger partial charge in [0.2, 0.25) is 0 Å². The number of unbranched alkanes of at least 4 members (excludes halogenated alkanes) is 3. The molecule has 0 aromatic rings. The van der Waals surface area contributed by atoms with Crippen LogP contribution in [0.5, 0.6) is 0 Å². The number of nitrogens with zero attached hydrogens (tertiary/aromatic N) is 1. The molecule has 1 atom stereocenters. The third-order valence-electron chi connectivity index (χ3n) is 4.20. The maximum Gasteiger partial charge on any atom is 0.168 e. The lowest BCUT2D eigenvalue weighted by Gasteiger charge is -2.27. The Morgan fingerprint density at radius 3 is 2.45 bits per heavy atom. The van der Waals surface area contributed by atoms with Crippen LogP contribution in [0.3, 0.4) is 0 Å². The molecule has 4 nitrogen and oxygen atoms in total. The molecule has 1 saturated carbocycles. The maximum absolute atomic E-state index is 11.8. The highest BCUT2D eigenvalue weighted by Gasteiger charge is 2.41. The van der Waals surface area contributed by atoms with Crippen molar-refractivity contribution in [2.45, 2.75) is 82.7 Å². The van der Waals surface area contributed by atoms with E-state index in [1.54, 1.807) is 0 Å². The summed E-state index contributed by atoms with van der Waals surface area (Å²) in [5.41, 5.74) is 0. The molecular formula is C17H31NO3S. The molecule has 0 aromatic heterocycles. The van der Waals surface area contributed by atoms with E-state index in [4.69, 9.17) is 9.47 Å². The second-order valence-electron chi connectivity index (χ2n) is 7.50. The molecule has 0 radical (unpaired) electrons. The van der Waals surface area contributed by atoms with E-state index in [1.165, 1.54) is 12.8 Å². The molecule has 5 heteroatoms. The van der Waals surface area contributed by atoms with Crippen molar-refractivity contribution in [3.8, 4) is 0 Å². The van der Waals surface area contributed by atoms with Gasteiger partial charge in [0, 0.05) is 12.8 Å². The molecule has 0 aromatic carbocycles. The zero-order valence-electron chi connectivity index (χ0n) is 14.3. The first-order chi connectivity index (χ1) is 10.4. The van der Waals surface area contributed by atoms with Crippen LogP contribution in [-0.2, 0) is 20.8 Å². The average Bonchev–Trinajstić information content (AvgIpc) is 3.13. The topological polar surface area (TPSA) is 53.9 Å². The maximum atomic E-state index is 11.8. The van der Waals surface area contributed by atoms with Crippen LogP contribution >= 0.6 is 0 Å². The van der Waals surface area contributed by atoms with Gasteiger partial charge in [0.05, 0.1) is 19.4 Å². The monoisotopic (exact) mass is 329 g/mol. The largest absolute Gasteiger partial charge is 0.591 e. The van der Waals surface area contributed by atoms with Crippen molar-refractivity contribution in [3.05, 3.63) is 0 Å². The van der Waals surface area contributed by atoms with Crippen molar-refractivity contribution < 1.29 is 14.0 Å².